The summed E-state index contributed by atoms with van der Waals surface area (Å²) in [5.74, 6) is 0.890. The van der Waals surface area contributed by atoms with Gasteiger partial charge in [-0.3, -0.25) is 10.1 Å². The Bertz CT molecular complexity index is 629. The zero-order chi connectivity index (χ0) is 14.5. The lowest BCUT2D eigenvalue weighted by molar-refractivity contribution is -0.384. The van der Waals surface area contributed by atoms with Gasteiger partial charge < -0.3 is 10.1 Å². The molecule has 2 rings (SSSR count). The number of nitrogens with one attached hydrogen (secondary N) is 1. The molecule has 0 aliphatic heterocycles. The first-order chi connectivity index (χ1) is 9.61. The zero-order valence-corrected chi connectivity index (χ0v) is 11.3. The number of aryl methyl sites for hydroxylation is 1. The summed E-state index contributed by atoms with van der Waals surface area (Å²) in [6, 6.07) is 8.24. The SMILES string of the molecule is CNCc1cccnc1Oc1cc([N+](=O)[O-])ccc1C. The summed E-state index contributed by atoms with van der Waals surface area (Å²) in [5, 5.41) is 13.8. The predicted octanol–water partition coefficient (Wildman–Crippen LogP) is 2.81. The molecule has 2 aromatic rings. The fraction of sp³-hybridized carbons (Fsp3) is 0.214. The molecule has 1 aromatic carbocycles. The molecule has 0 aliphatic carbocycles. The Morgan fingerprint density at radius 1 is 1.40 bits per heavy atom. The van der Waals surface area contributed by atoms with Crippen LogP contribution in [-0.2, 0) is 6.54 Å². The first kappa shape index (κ1) is 14.0. The molecular formula is C14H15N3O3. The molecule has 0 fully saturated rings. The number of non-ortho nitro benzene ring substituents is 1. The van der Waals surface area contributed by atoms with E-state index in [9.17, 15) is 10.1 Å². The molecule has 0 saturated heterocycles. The summed E-state index contributed by atoms with van der Waals surface area (Å²) in [6.45, 7) is 2.44. The molecule has 1 N–H and O–H groups in total. The molecule has 0 unspecified atom stereocenters. The van der Waals surface area contributed by atoms with E-state index in [4.69, 9.17) is 4.74 Å². The summed E-state index contributed by atoms with van der Waals surface area (Å²) in [6.07, 6.45) is 1.63. The van der Waals surface area contributed by atoms with Crippen LogP contribution in [0.15, 0.2) is 36.5 Å². The van der Waals surface area contributed by atoms with Gasteiger partial charge in [-0.05, 0) is 31.7 Å². The summed E-state index contributed by atoms with van der Waals surface area (Å²) in [5.41, 5.74) is 1.70. The summed E-state index contributed by atoms with van der Waals surface area (Å²) in [7, 11) is 1.83. The average Bonchev–Trinajstić information content (AvgIpc) is 2.43. The highest BCUT2D eigenvalue weighted by Crippen LogP contribution is 2.29. The third-order valence-corrected chi connectivity index (χ3v) is 2.81. The fourth-order valence-electron chi connectivity index (χ4n) is 1.76. The van der Waals surface area contributed by atoms with Crippen LogP contribution in [-0.4, -0.2) is 17.0 Å². The molecule has 6 nitrogen and oxygen atoms in total. The van der Waals surface area contributed by atoms with E-state index in [0.717, 1.165) is 11.1 Å². The third kappa shape index (κ3) is 3.10. The molecule has 0 aliphatic rings. The van der Waals surface area contributed by atoms with Crippen LogP contribution in [0.3, 0.4) is 0 Å². The number of ether oxygens (including phenoxy) is 1. The first-order valence-corrected chi connectivity index (χ1v) is 6.13. The second kappa shape index (κ2) is 6.12. The smallest absolute Gasteiger partial charge is 0.273 e. The second-order valence-electron chi connectivity index (χ2n) is 4.31. The predicted molar refractivity (Wildman–Crippen MR) is 74.9 cm³/mol. The third-order valence-electron chi connectivity index (χ3n) is 2.81. The van der Waals surface area contributed by atoms with E-state index < -0.39 is 4.92 Å². The highest BCUT2D eigenvalue weighted by atomic mass is 16.6. The molecule has 0 amide bonds. The highest BCUT2D eigenvalue weighted by molar-refractivity contribution is 5.45. The Kier molecular flexibility index (Phi) is 4.27. The van der Waals surface area contributed by atoms with Crippen molar-refractivity contribution in [2.45, 2.75) is 13.5 Å². The maximum atomic E-state index is 10.8. The number of benzene rings is 1. The minimum Gasteiger partial charge on any atom is -0.438 e. The molecule has 104 valence electrons. The molecular weight excluding hydrogens is 258 g/mol. The van der Waals surface area contributed by atoms with E-state index in [0.29, 0.717) is 18.2 Å². The normalized spacial score (nSPS) is 10.3. The molecule has 0 bridgehead atoms. The van der Waals surface area contributed by atoms with Gasteiger partial charge in [0.1, 0.15) is 5.75 Å². The van der Waals surface area contributed by atoms with Crippen molar-refractivity contribution in [3.8, 4) is 11.6 Å². The monoisotopic (exact) mass is 273 g/mol. The van der Waals surface area contributed by atoms with E-state index in [1.807, 2.05) is 26.1 Å². The number of pyridine rings is 1. The lowest BCUT2D eigenvalue weighted by atomic mass is 10.2. The van der Waals surface area contributed by atoms with Gasteiger partial charge in [0.2, 0.25) is 5.88 Å². The van der Waals surface area contributed by atoms with Crippen molar-refractivity contribution in [1.82, 2.24) is 10.3 Å². The van der Waals surface area contributed by atoms with Crippen molar-refractivity contribution in [2.75, 3.05) is 7.05 Å². The van der Waals surface area contributed by atoms with Gasteiger partial charge in [0.05, 0.1) is 11.0 Å². The van der Waals surface area contributed by atoms with Crippen LogP contribution in [0.4, 0.5) is 5.69 Å². The van der Waals surface area contributed by atoms with E-state index in [1.54, 1.807) is 12.3 Å². The number of nitro groups is 1. The van der Waals surface area contributed by atoms with Crippen molar-refractivity contribution in [1.29, 1.82) is 0 Å². The lowest BCUT2D eigenvalue weighted by Gasteiger charge is -2.11. The van der Waals surface area contributed by atoms with Crippen molar-refractivity contribution in [3.05, 3.63) is 57.8 Å². The van der Waals surface area contributed by atoms with Gasteiger partial charge in [-0.25, -0.2) is 4.98 Å². The first-order valence-electron chi connectivity index (χ1n) is 6.13. The fourth-order valence-corrected chi connectivity index (χ4v) is 1.76. The van der Waals surface area contributed by atoms with Crippen molar-refractivity contribution in [3.63, 3.8) is 0 Å². The topological polar surface area (TPSA) is 77.3 Å². The summed E-state index contributed by atoms with van der Waals surface area (Å²) < 4.78 is 5.73. The van der Waals surface area contributed by atoms with Gasteiger partial charge in [0, 0.05) is 24.4 Å². The Hall–Kier alpha value is -2.47. The lowest BCUT2D eigenvalue weighted by Crippen LogP contribution is -2.07. The summed E-state index contributed by atoms with van der Waals surface area (Å²) >= 11 is 0. The van der Waals surface area contributed by atoms with Gasteiger partial charge in [-0.1, -0.05) is 6.07 Å². The Balaban J connectivity index is 2.34. The van der Waals surface area contributed by atoms with Crippen molar-refractivity contribution in [2.24, 2.45) is 0 Å². The minimum absolute atomic E-state index is 0.00306. The van der Waals surface area contributed by atoms with Crippen LogP contribution in [0.25, 0.3) is 0 Å². The van der Waals surface area contributed by atoms with Crippen molar-refractivity contribution < 1.29 is 9.66 Å². The van der Waals surface area contributed by atoms with Crippen LogP contribution in [0.2, 0.25) is 0 Å². The molecule has 0 atom stereocenters. The van der Waals surface area contributed by atoms with Crippen molar-refractivity contribution >= 4 is 5.69 Å². The van der Waals surface area contributed by atoms with Crippen LogP contribution < -0.4 is 10.1 Å². The Labute approximate surface area is 116 Å². The quantitative estimate of drug-likeness (QED) is 0.669. The molecule has 0 spiro atoms. The molecule has 0 radical (unpaired) electrons. The van der Waals surface area contributed by atoms with Gasteiger partial charge in [0.15, 0.2) is 0 Å². The van der Waals surface area contributed by atoms with Gasteiger partial charge >= 0.3 is 0 Å². The van der Waals surface area contributed by atoms with E-state index in [1.165, 1.54) is 12.1 Å². The number of nitrogens with zero attached hydrogens (tertiary/aromatic N) is 2. The Morgan fingerprint density at radius 3 is 2.90 bits per heavy atom. The number of aromatic nitrogens is 1. The van der Waals surface area contributed by atoms with E-state index in [2.05, 4.69) is 10.3 Å². The van der Waals surface area contributed by atoms with Crippen LogP contribution in [0, 0.1) is 17.0 Å². The van der Waals surface area contributed by atoms with E-state index in [-0.39, 0.29) is 5.69 Å². The van der Waals surface area contributed by atoms with Gasteiger partial charge in [-0.2, -0.15) is 0 Å². The largest absolute Gasteiger partial charge is 0.438 e. The van der Waals surface area contributed by atoms with Gasteiger partial charge in [-0.15, -0.1) is 0 Å². The van der Waals surface area contributed by atoms with Gasteiger partial charge in [0.25, 0.3) is 5.69 Å². The van der Waals surface area contributed by atoms with Crippen LogP contribution in [0.1, 0.15) is 11.1 Å². The molecule has 1 aromatic heterocycles. The maximum absolute atomic E-state index is 10.8. The highest BCUT2D eigenvalue weighted by Gasteiger charge is 2.12. The number of hydrogen-bond donors (Lipinski definition) is 1. The van der Waals surface area contributed by atoms with Crippen LogP contribution in [0.5, 0.6) is 11.6 Å². The number of rotatable bonds is 5. The molecule has 20 heavy (non-hydrogen) atoms. The second-order valence-corrected chi connectivity index (χ2v) is 4.31. The molecule has 6 heteroatoms. The van der Waals surface area contributed by atoms with E-state index >= 15 is 0 Å². The maximum Gasteiger partial charge on any atom is 0.273 e. The molecule has 0 saturated carbocycles. The van der Waals surface area contributed by atoms with Crippen LogP contribution >= 0.6 is 0 Å². The molecule has 1 heterocycles. The minimum atomic E-state index is -0.445. The zero-order valence-electron chi connectivity index (χ0n) is 11.3. The Morgan fingerprint density at radius 2 is 2.20 bits per heavy atom. The summed E-state index contributed by atoms with van der Waals surface area (Å²) in [4.78, 5) is 14.5. The number of nitro benzene ring substituents is 1. The number of hydrogen-bond acceptors (Lipinski definition) is 5. The average molecular weight is 273 g/mol. The standard InChI is InChI=1S/C14H15N3O3/c1-10-5-6-12(17(18)19)8-13(10)20-14-11(9-15-2)4-3-7-16-14/h3-8,15H,9H2,1-2H3.